The van der Waals surface area contributed by atoms with E-state index in [1.54, 1.807) is 28.4 Å². The van der Waals surface area contributed by atoms with Crippen molar-refractivity contribution in [3.63, 3.8) is 0 Å². The van der Waals surface area contributed by atoms with E-state index in [0.717, 1.165) is 34.3 Å². The number of amides is 1. The first-order chi connectivity index (χ1) is 16.1. The van der Waals surface area contributed by atoms with Gasteiger partial charge in [0.25, 0.3) is 0 Å². The number of benzene rings is 1. The summed E-state index contributed by atoms with van der Waals surface area (Å²) >= 11 is 0. The standard InChI is InChI=1S/C26H35NO7/c1-14-10-18-17(12-19(28)22(14)31-5)16(13-26(2,3)34-25(27)29)9-8-15-11-20(30-4)23(32-6)24(33-7)21(15)18/h10-12,16,19,28H,8-9,13H2,1-7H3,(H2,27,29)/t16-,19-/m0/s1. The van der Waals surface area contributed by atoms with Gasteiger partial charge in [0, 0.05) is 5.56 Å². The number of hydrogen-bond donors (Lipinski definition) is 2. The van der Waals surface area contributed by atoms with E-state index in [1.807, 2.05) is 39.0 Å². The highest BCUT2D eigenvalue weighted by Gasteiger charge is 2.36. The van der Waals surface area contributed by atoms with Crippen LogP contribution in [0.3, 0.4) is 0 Å². The molecule has 1 aromatic carbocycles. The molecule has 0 heterocycles. The smallest absolute Gasteiger partial charge is 0.405 e. The fourth-order valence-electron chi connectivity index (χ4n) is 5.10. The van der Waals surface area contributed by atoms with Gasteiger partial charge in [-0.3, -0.25) is 0 Å². The summed E-state index contributed by atoms with van der Waals surface area (Å²) in [5.41, 5.74) is 9.05. The average Bonchev–Trinajstić information content (AvgIpc) is 2.97. The molecular formula is C26H35NO7. The molecule has 1 aromatic rings. The fourth-order valence-corrected chi connectivity index (χ4v) is 5.10. The van der Waals surface area contributed by atoms with E-state index < -0.39 is 17.8 Å². The number of carbonyl (C=O) groups excluding carboxylic acids is 1. The molecule has 0 fully saturated rings. The largest absolute Gasteiger partial charge is 0.498 e. The Labute approximate surface area is 201 Å². The van der Waals surface area contributed by atoms with E-state index in [-0.39, 0.29) is 5.92 Å². The lowest BCUT2D eigenvalue weighted by atomic mass is 9.81. The highest BCUT2D eigenvalue weighted by atomic mass is 16.6. The van der Waals surface area contributed by atoms with Crippen LogP contribution in [-0.2, 0) is 15.9 Å². The summed E-state index contributed by atoms with van der Waals surface area (Å²) in [6.45, 7) is 5.58. The van der Waals surface area contributed by atoms with Gasteiger partial charge in [0.05, 0.1) is 28.4 Å². The van der Waals surface area contributed by atoms with Crippen LogP contribution in [0.25, 0.3) is 5.57 Å². The summed E-state index contributed by atoms with van der Waals surface area (Å²) in [5.74, 6) is 2.07. The van der Waals surface area contributed by atoms with E-state index in [9.17, 15) is 9.90 Å². The molecule has 0 aromatic heterocycles. The number of aliphatic hydroxyl groups is 1. The molecule has 2 aliphatic rings. The number of fused-ring (bicyclic) bond motifs is 3. The Morgan fingerprint density at radius 2 is 1.79 bits per heavy atom. The predicted octanol–water partition coefficient (Wildman–Crippen LogP) is 4.14. The molecule has 0 aliphatic heterocycles. The third-order valence-electron chi connectivity index (χ3n) is 6.38. The Morgan fingerprint density at radius 3 is 2.35 bits per heavy atom. The summed E-state index contributed by atoms with van der Waals surface area (Å²) in [6.07, 6.45) is 4.05. The number of aryl methyl sites for hydroxylation is 1. The fraction of sp³-hybridized carbons (Fsp3) is 0.500. The number of allylic oxidation sites excluding steroid dienone is 4. The zero-order chi connectivity index (χ0) is 25.2. The Balaban J connectivity index is 2.28. The summed E-state index contributed by atoms with van der Waals surface area (Å²) in [4.78, 5) is 11.5. The van der Waals surface area contributed by atoms with E-state index in [0.29, 0.717) is 35.8 Å². The van der Waals surface area contributed by atoms with Gasteiger partial charge in [0.15, 0.2) is 11.5 Å². The SMILES string of the molecule is COC1=C(C)C=C2C(=C[C@@H]1O)[C@H](CC(C)(C)OC(N)=O)CCc1cc(OC)c(OC)c(OC)c12. The van der Waals surface area contributed by atoms with Crippen LogP contribution in [0.5, 0.6) is 17.2 Å². The number of rotatable bonds is 7. The van der Waals surface area contributed by atoms with Crippen molar-refractivity contribution in [3.05, 3.63) is 46.3 Å². The van der Waals surface area contributed by atoms with Crippen molar-refractivity contribution in [1.82, 2.24) is 0 Å². The maximum Gasteiger partial charge on any atom is 0.405 e. The first-order valence-corrected chi connectivity index (χ1v) is 11.2. The first kappa shape index (κ1) is 25.5. The number of aliphatic hydroxyl groups excluding tert-OH is 1. The maximum atomic E-state index is 11.5. The number of primary amides is 1. The Morgan fingerprint density at radius 1 is 1.12 bits per heavy atom. The van der Waals surface area contributed by atoms with Gasteiger partial charge >= 0.3 is 6.09 Å². The van der Waals surface area contributed by atoms with Gasteiger partial charge in [-0.2, -0.15) is 0 Å². The minimum Gasteiger partial charge on any atom is -0.498 e. The van der Waals surface area contributed by atoms with Crippen LogP contribution in [-0.4, -0.2) is 51.3 Å². The van der Waals surface area contributed by atoms with Crippen LogP contribution in [0.2, 0.25) is 0 Å². The highest BCUT2D eigenvalue weighted by molar-refractivity contribution is 5.89. The van der Waals surface area contributed by atoms with Crippen molar-refractivity contribution in [2.45, 2.75) is 51.7 Å². The van der Waals surface area contributed by atoms with Crippen molar-refractivity contribution >= 4 is 11.7 Å². The molecular weight excluding hydrogens is 438 g/mol. The molecule has 0 saturated heterocycles. The molecule has 0 saturated carbocycles. The molecule has 0 unspecified atom stereocenters. The third kappa shape index (κ3) is 4.87. The van der Waals surface area contributed by atoms with Crippen LogP contribution < -0.4 is 19.9 Å². The van der Waals surface area contributed by atoms with Crippen LogP contribution in [0.1, 0.15) is 44.7 Å². The summed E-state index contributed by atoms with van der Waals surface area (Å²) in [7, 11) is 6.32. The Hall–Kier alpha value is -3.13. The lowest BCUT2D eigenvalue weighted by molar-refractivity contribution is 0.0295. The van der Waals surface area contributed by atoms with Gasteiger partial charge in [-0.25, -0.2) is 4.79 Å². The lowest BCUT2D eigenvalue weighted by Crippen LogP contribution is -2.33. The molecule has 0 radical (unpaired) electrons. The van der Waals surface area contributed by atoms with Crippen LogP contribution in [0, 0.1) is 5.92 Å². The van der Waals surface area contributed by atoms with Crippen LogP contribution in [0.15, 0.2) is 35.1 Å². The highest BCUT2D eigenvalue weighted by Crippen LogP contribution is 2.51. The van der Waals surface area contributed by atoms with Gasteiger partial charge in [-0.15, -0.1) is 0 Å². The third-order valence-corrected chi connectivity index (χ3v) is 6.38. The van der Waals surface area contributed by atoms with Gasteiger partial charge in [-0.05, 0) is 86.5 Å². The van der Waals surface area contributed by atoms with Crippen molar-refractivity contribution in [2.24, 2.45) is 11.7 Å². The topological polar surface area (TPSA) is 109 Å². The van der Waals surface area contributed by atoms with E-state index >= 15 is 0 Å². The number of carbonyl (C=O) groups is 1. The van der Waals surface area contributed by atoms with Crippen LogP contribution >= 0.6 is 0 Å². The Kier molecular flexibility index (Phi) is 7.51. The van der Waals surface area contributed by atoms with Gasteiger partial charge in [0.2, 0.25) is 5.75 Å². The number of nitrogens with two attached hydrogens (primary N) is 1. The van der Waals surface area contributed by atoms with Crippen molar-refractivity contribution in [2.75, 3.05) is 28.4 Å². The molecule has 3 rings (SSSR count). The predicted molar refractivity (Wildman–Crippen MR) is 129 cm³/mol. The van der Waals surface area contributed by atoms with E-state index in [2.05, 4.69) is 0 Å². The molecule has 8 heteroatoms. The molecule has 8 nitrogen and oxygen atoms in total. The molecule has 0 spiro atoms. The zero-order valence-corrected chi connectivity index (χ0v) is 21.0. The normalized spacial score (nSPS) is 20.1. The van der Waals surface area contributed by atoms with Crippen LogP contribution in [0.4, 0.5) is 4.79 Å². The first-order valence-electron chi connectivity index (χ1n) is 11.2. The van der Waals surface area contributed by atoms with Gasteiger partial charge < -0.3 is 34.5 Å². The summed E-state index contributed by atoms with van der Waals surface area (Å²) < 4.78 is 28.0. The lowest BCUT2D eigenvalue weighted by Gasteiger charge is -2.30. The average molecular weight is 474 g/mol. The number of methoxy groups -OCH3 is 4. The molecule has 186 valence electrons. The quantitative estimate of drug-likeness (QED) is 0.612. The number of hydrogen-bond acceptors (Lipinski definition) is 7. The van der Waals surface area contributed by atoms with Crippen molar-refractivity contribution in [1.29, 1.82) is 0 Å². The molecule has 2 aliphatic carbocycles. The minimum absolute atomic E-state index is 0.0478. The van der Waals surface area contributed by atoms with Crippen molar-refractivity contribution < 1.29 is 33.6 Å². The van der Waals surface area contributed by atoms with E-state index in [4.69, 9.17) is 29.4 Å². The molecule has 2 atom stereocenters. The molecule has 34 heavy (non-hydrogen) atoms. The zero-order valence-electron chi connectivity index (χ0n) is 21.0. The molecule has 3 N–H and O–H groups in total. The second kappa shape index (κ2) is 10.0. The van der Waals surface area contributed by atoms with Gasteiger partial charge in [-0.1, -0.05) is 0 Å². The maximum absolute atomic E-state index is 11.5. The Bertz CT molecular complexity index is 1050. The monoisotopic (exact) mass is 473 g/mol. The molecule has 1 amide bonds. The second-order valence-corrected chi connectivity index (χ2v) is 9.18. The second-order valence-electron chi connectivity index (χ2n) is 9.18. The van der Waals surface area contributed by atoms with Gasteiger partial charge in [0.1, 0.15) is 17.5 Å². The van der Waals surface area contributed by atoms with Crippen molar-refractivity contribution in [3.8, 4) is 17.2 Å². The molecule has 0 bridgehead atoms. The summed E-state index contributed by atoms with van der Waals surface area (Å²) in [6, 6.07) is 1.97. The van der Waals surface area contributed by atoms with E-state index in [1.165, 1.54) is 0 Å². The minimum atomic E-state index is -0.927. The summed E-state index contributed by atoms with van der Waals surface area (Å²) in [5, 5.41) is 11.0. The number of ether oxygens (including phenoxy) is 5.